The van der Waals surface area contributed by atoms with Crippen molar-refractivity contribution in [1.82, 2.24) is 0 Å². The van der Waals surface area contributed by atoms with Gasteiger partial charge in [0.15, 0.2) is 0 Å². The Morgan fingerprint density at radius 3 is 2.64 bits per heavy atom. The van der Waals surface area contributed by atoms with E-state index in [9.17, 15) is 14.8 Å². The van der Waals surface area contributed by atoms with Crippen molar-refractivity contribution in [3.05, 3.63) is 41.1 Å². The van der Waals surface area contributed by atoms with Crippen LogP contribution in [0.5, 0.6) is 0 Å². The van der Waals surface area contributed by atoms with Crippen LogP contribution in [0.2, 0.25) is 0 Å². The molecule has 1 N–H and O–H groups in total. The van der Waals surface area contributed by atoms with E-state index in [4.69, 9.17) is 9.47 Å². The summed E-state index contributed by atoms with van der Waals surface area (Å²) >= 11 is 0. The summed E-state index contributed by atoms with van der Waals surface area (Å²) in [5.41, 5.74) is 0.440. The van der Waals surface area contributed by atoms with Crippen LogP contribution in [0, 0.1) is 11.1 Å². The van der Waals surface area contributed by atoms with E-state index in [2.05, 4.69) is 0 Å². The molecule has 2 fully saturated rings. The number of hydrogen-bond donors (Lipinski definition) is 1. The summed E-state index contributed by atoms with van der Waals surface area (Å²) in [6.45, 7) is 0. The third kappa shape index (κ3) is 2.60. The number of rotatable bonds is 3. The number of quaternary nitrogens is 1. The van der Waals surface area contributed by atoms with Gasteiger partial charge in [0, 0.05) is 19.3 Å². The minimum atomic E-state index is -0.677. The van der Waals surface area contributed by atoms with Crippen molar-refractivity contribution >= 4 is 11.9 Å². The first kappa shape index (κ1) is 15.0. The average molecular weight is 305 g/mol. The summed E-state index contributed by atoms with van der Waals surface area (Å²) in [7, 11) is 1.30. The quantitative estimate of drug-likeness (QED) is 0.642. The van der Waals surface area contributed by atoms with Crippen molar-refractivity contribution < 1.29 is 24.1 Å². The van der Waals surface area contributed by atoms with E-state index in [1.54, 1.807) is 24.3 Å². The number of methoxy groups -OCH3 is 1. The molecule has 5 atom stereocenters. The number of benzene rings is 1. The van der Waals surface area contributed by atoms with E-state index in [0.717, 1.165) is 6.42 Å². The highest BCUT2D eigenvalue weighted by Crippen LogP contribution is 2.31. The van der Waals surface area contributed by atoms with Gasteiger partial charge in [0.1, 0.15) is 18.1 Å². The normalized spacial score (nSPS) is 33.3. The fourth-order valence-electron chi connectivity index (χ4n) is 3.60. The number of piperidine rings is 1. The molecule has 0 spiro atoms. The predicted octanol–water partition coefficient (Wildman–Crippen LogP) is 0.319. The van der Waals surface area contributed by atoms with E-state index in [0.29, 0.717) is 18.4 Å². The number of hydroxylamine groups is 2. The zero-order valence-electron chi connectivity index (χ0n) is 12.4. The first-order chi connectivity index (χ1) is 10.6. The van der Waals surface area contributed by atoms with Crippen molar-refractivity contribution in [2.75, 3.05) is 7.11 Å². The molecule has 2 aliphatic rings. The minimum Gasteiger partial charge on any atom is -0.634 e. The van der Waals surface area contributed by atoms with Gasteiger partial charge in [-0.2, -0.15) is 0 Å². The van der Waals surface area contributed by atoms with Crippen LogP contribution in [-0.2, 0) is 14.3 Å². The summed E-state index contributed by atoms with van der Waals surface area (Å²) in [6, 6.07) is 8.17. The molecule has 2 saturated heterocycles. The molecule has 2 heterocycles. The topological polar surface area (TPSA) is 80.1 Å². The number of ether oxygens (including phenoxy) is 2. The summed E-state index contributed by atoms with van der Waals surface area (Å²) in [4.78, 5) is 24.3. The van der Waals surface area contributed by atoms with Gasteiger partial charge in [0.2, 0.25) is 0 Å². The fourth-order valence-corrected chi connectivity index (χ4v) is 3.60. The van der Waals surface area contributed by atoms with Gasteiger partial charge in [-0.25, -0.2) is 4.79 Å². The van der Waals surface area contributed by atoms with Crippen LogP contribution in [0.3, 0.4) is 0 Å². The number of carbonyl (C=O) groups is 2. The smallest absolute Gasteiger partial charge is 0.338 e. The zero-order chi connectivity index (χ0) is 15.7. The molecule has 0 saturated carbocycles. The zero-order valence-corrected chi connectivity index (χ0v) is 12.4. The number of nitrogens with one attached hydrogen (secondary N) is 1. The highest BCUT2D eigenvalue weighted by Gasteiger charge is 2.53. The maximum absolute atomic E-state index is 12.2. The molecule has 1 unspecified atom stereocenters. The van der Waals surface area contributed by atoms with Gasteiger partial charge in [-0.15, -0.1) is 0 Å². The van der Waals surface area contributed by atoms with Gasteiger partial charge in [-0.05, 0) is 12.1 Å². The maximum Gasteiger partial charge on any atom is 0.338 e. The van der Waals surface area contributed by atoms with Crippen LogP contribution in [-0.4, -0.2) is 37.2 Å². The molecular weight excluding hydrogens is 286 g/mol. The van der Waals surface area contributed by atoms with Crippen LogP contribution >= 0.6 is 0 Å². The third-order valence-corrected chi connectivity index (χ3v) is 4.69. The first-order valence-corrected chi connectivity index (χ1v) is 7.49. The highest BCUT2D eigenvalue weighted by molar-refractivity contribution is 5.89. The Hall–Kier alpha value is -1.92. The van der Waals surface area contributed by atoms with Crippen LogP contribution in [0.25, 0.3) is 0 Å². The second-order valence-electron chi connectivity index (χ2n) is 5.88. The Morgan fingerprint density at radius 2 is 1.95 bits per heavy atom. The van der Waals surface area contributed by atoms with Crippen molar-refractivity contribution in [1.29, 1.82) is 0 Å². The lowest BCUT2D eigenvalue weighted by Gasteiger charge is -2.42. The predicted molar refractivity (Wildman–Crippen MR) is 76.9 cm³/mol. The second kappa shape index (κ2) is 6.06. The number of hydrogen-bond acceptors (Lipinski definition) is 5. The molecule has 6 heteroatoms. The molecule has 6 nitrogen and oxygen atoms in total. The maximum atomic E-state index is 12.2. The van der Waals surface area contributed by atoms with E-state index in [1.807, 2.05) is 6.07 Å². The standard InChI is InChI=1S/C16H19NO5/c1-21-16(19)14-12-8-7-11(17(12)20)9-13(14)22-15(18)10-5-3-2-4-6-10/h2-6,11-14,17H,7-9H2,1H3/t11-,12+,13-,14+/m0/s1. The summed E-state index contributed by atoms with van der Waals surface area (Å²) in [5, 5.41) is 12.3. The summed E-state index contributed by atoms with van der Waals surface area (Å²) in [5.74, 6) is -1.61. The van der Waals surface area contributed by atoms with E-state index in [1.165, 1.54) is 7.11 Å². The molecule has 0 amide bonds. The largest absolute Gasteiger partial charge is 0.634 e. The van der Waals surface area contributed by atoms with Crippen molar-refractivity contribution in [2.45, 2.75) is 37.5 Å². The van der Waals surface area contributed by atoms with Gasteiger partial charge in [-0.3, -0.25) is 4.79 Å². The van der Waals surface area contributed by atoms with Gasteiger partial charge in [-0.1, -0.05) is 18.2 Å². The molecule has 1 aromatic rings. The molecule has 3 rings (SSSR count). The Kier molecular flexibility index (Phi) is 4.13. The SMILES string of the molecule is COC(=O)[C@H]1[C@@H](OC(=O)c2ccccc2)C[C@@H]2CC[C@H]1[NH+]2[O-]. The van der Waals surface area contributed by atoms with Crippen LogP contribution < -0.4 is 5.06 Å². The Morgan fingerprint density at radius 1 is 1.23 bits per heavy atom. The van der Waals surface area contributed by atoms with E-state index in [-0.39, 0.29) is 17.1 Å². The van der Waals surface area contributed by atoms with E-state index < -0.39 is 24.0 Å². The lowest BCUT2D eigenvalue weighted by Crippen LogP contribution is -3.15. The third-order valence-electron chi connectivity index (χ3n) is 4.69. The van der Waals surface area contributed by atoms with Crippen LogP contribution in [0.15, 0.2) is 30.3 Å². The summed E-state index contributed by atoms with van der Waals surface area (Å²) < 4.78 is 10.4. The molecule has 0 aromatic heterocycles. The Balaban J connectivity index is 1.79. The molecule has 0 radical (unpaired) electrons. The monoisotopic (exact) mass is 305 g/mol. The van der Waals surface area contributed by atoms with E-state index >= 15 is 0 Å². The Labute approximate surface area is 128 Å². The molecule has 1 aromatic carbocycles. The highest BCUT2D eigenvalue weighted by atomic mass is 16.6. The van der Waals surface area contributed by atoms with Crippen LogP contribution in [0.4, 0.5) is 0 Å². The second-order valence-corrected chi connectivity index (χ2v) is 5.88. The Bertz CT molecular complexity index is 561. The minimum absolute atomic E-state index is 0.0977. The molecule has 2 bridgehead atoms. The number of carbonyl (C=O) groups excluding carboxylic acids is 2. The lowest BCUT2D eigenvalue weighted by molar-refractivity contribution is -0.897. The molecule has 22 heavy (non-hydrogen) atoms. The lowest BCUT2D eigenvalue weighted by atomic mass is 9.88. The van der Waals surface area contributed by atoms with Crippen molar-refractivity contribution in [2.24, 2.45) is 5.92 Å². The summed E-state index contributed by atoms with van der Waals surface area (Å²) in [6.07, 6.45) is 1.25. The number of fused-ring (bicyclic) bond motifs is 2. The van der Waals surface area contributed by atoms with Gasteiger partial charge < -0.3 is 19.7 Å². The fraction of sp³-hybridized carbons (Fsp3) is 0.500. The van der Waals surface area contributed by atoms with Crippen molar-refractivity contribution in [3.63, 3.8) is 0 Å². The molecular formula is C16H19NO5. The van der Waals surface area contributed by atoms with Crippen molar-refractivity contribution in [3.8, 4) is 0 Å². The van der Waals surface area contributed by atoms with Gasteiger partial charge in [0.05, 0.1) is 18.7 Å². The first-order valence-electron chi connectivity index (χ1n) is 7.49. The molecule has 2 aliphatic heterocycles. The average Bonchev–Trinajstić information content (AvgIpc) is 2.78. The van der Waals surface area contributed by atoms with Gasteiger partial charge >= 0.3 is 11.9 Å². The van der Waals surface area contributed by atoms with Gasteiger partial charge in [0.25, 0.3) is 0 Å². The number of esters is 2. The molecule has 118 valence electrons. The molecule has 0 aliphatic carbocycles. The van der Waals surface area contributed by atoms with Crippen LogP contribution in [0.1, 0.15) is 29.6 Å².